The van der Waals surface area contributed by atoms with Crippen LogP contribution in [-0.2, 0) is 4.74 Å². The molecule has 1 aromatic carbocycles. The largest absolute Gasteiger partial charge is 0.464 e. The molecule has 2 aromatic rings. The van der Waals surface area contributed by atoms with Gasteiger partial charge in [-0.05, 0) is 28.1 Å². The van der Waals surface area contributed by atoms with E-state index < -0.39 is 5.97 Å². The molecule has 0 aliphatic rings. The fourth-order valence-electron chi connectivity index (χ4n) is 1.23. The Bertz CT molecular complexity index is 570. The fourth-order valence-corrected chi connectivity index (χ4v) is 2.27. The van der Waals surface area contributed by atoms with Crippen LogP contribution >= 0.6 is 27.3 Å². The van der Waals surface area contributed by atoms with E-state index in [9.17, 15) is 9.18 Å². The molecule has 0 bridgehead atoms. The highest BCUT2D eigenvalue weighted by Crippen LogP contribution is 2.27. The van der Waals surface area contributed by atoms with Gasteiger partial charge in [0.2, 0.25) is 0 Å². The maximum Gasteiger partial charge on any atom is 0.357 e. The Morgan fingerprint density at radius 3 is 2.94 bits per heavy atom. The minimum absolute atomic E-state index is 0.232. The second-order valence-corrected chi connectivity index (χ2v) is 4.87. The van der Waals surface area contributed by atoms with Crippen LogP contribution in [0.1, 0.15) is 10.5 Å². The Morgan fingerprint density at radius 1 is 1.53 bits per heavy atom. The lowest BCUT2D eigenvalue weighted by Gasteiger charge is -1.98. The van der Waals surface area contributed by atoms with Crippen molar-refractivity contribution in [3.63, 3.8) is 0 Å². The topological polar surface area (TPSA) is 39.2 Å². The van der Waals surface area contributed by atoms with Crippen molar-refractivity contribution in [2.24, 2.45) is 0 Å². The maximum absolute atomic E-state index is 13.3. The van der Waals surface area contributed by atoms with Crippen molar-refractivity contribution in [2.75, 3.05) is 7.11 Å². The molecule has 0 N–H and O–H groups in total. The lowest BCUT2D eigenvalue weighted by Crippen LogP contribution is -2.00. The van der Waals surface area contributed by atoms with Gasteiger partial charge in [0.05, 0.1) is 11.6 Å². The number of hydrogen-bond donors (Lipinski definition) is 0. The van der Waals surface area contributed by atoms with Crippen LogP contribution in [0.2, 0.25) is 0 Å². The second-order valence-electron chi connectivity index (χ2n) is 3.16. The monoisotopic (exact) mass is 315 g/mol. The summed E-state index contributed by atoms with van der Waals surface area (Å²) in [5.41, 5.74) is 0.863. The van der Waals surface area contributed by atoms with Crippen LogP contribution < -0.4 is 0 Å². The number of esters is 1. The summed E-state index contributed by atoms with van der Waals surface area (Å²) in [5.74, 6) is -0.859. The molecule has 2 rings (SSSR count). The molecule has 0 unspecified atom stereocenters. The van der Waals surface area contributed by atoms with Gasteiger partial charge in [-0.3, -0.25) is 0 Å². The predicted molar refractivity (Wildman–Crippen MR) is 66.5 cm³/mol. The quantitative estimate of drug-likeness (QED) is 0.796. The molecule has 0 atom stereocenters. The van der Waals surface area contributed by atoms with Gasteiger partial charge in [0, 0.05) is 10.9 Å². The lowest BCUT2D eigenvalue weighted by atomic mass is 10.2. The number of thiazole rings is 1. The molecule has 0 saturated heterocycles. The summed E-state index contributed by atoms with van der Waals surface area (Å²) in [4.78, 5) is 15.3. The highest BCUT2D eigenvalue weighted by Gasteiger charge is 2.12. The third-order valence-corrected chi connectivity index (χ3v) is 3.60. The standard InChI is InChI=1S/C11H7BrFNO2S/c1-16-11(15)9-5-17-10(14-9)6-2-3-7(12)8(13)4-6/h2-5H,1H3. The SMILES string of the molecule is COC(=O)c1csc(-c2ccc(Br)c(F)c2)n1. The van der Waals surface area contributed by atoms with Gasteiger partial charge in [-0.1, -0.05) is 6.07 Å². The molecule has 1 heterocycles. The van der Waals surface area contributed by atoms with E-state index in [1.807, 2.05) is 0 Å². The van der Waals surface area contributed by atoms with Crippen molar-refractivity contribution in [1.29, 1.82) is 0 Å². The summed E-state index contributed by atoms with van der Waals surface area (Å²) < 4.78 is 18.3. The lowest BCUT2D eigenvalue weighted by molar-refractivity contribution is 0.0595. The Kier molecular flexibility index (Phi) is 3.54. The van der Waals surface area contributed by atoms with Gasteiger partial charge in [-0.2, -0.15) is 0 Å². The number of methoxy groups -OCH3 is 1. The minimum Gasteiger partial charge on any atom is -0.464 e. The van der Waals surface area contributed by atoms with Gasteiger partial charge in [0.25, 0.3) is 0 Å². The average Bonchev–Trinajstić information content (AvgIpc) is 2.81. The van der Waals surface area contributed by atoms with E-state index in [0.717, 1.165) is 0 Å². The zero-order valence-corrected chi connectivity index (χ0v) is 11.1. The molecule has 1 aromatic heterocycles. The van der Waals surface area contributed by atoms with E-state index >= 15 is 0 Å². The summed E-state index contributed by atoms with van der Waals surface area (Å²) in [6, 6.07) is 4.70. The number of benzene rings is 1. The Balaban J connectivity index is 2.37. The van der Waals surface area contributed by atoms with Crippen molar-refractivity contribution in [2.45, 2.75) is 0 Å². The molecule has 0 amide bonds. The van der Waals surface area contributed by atoms with Crippen LogP contribution in [0.4, 0.5) is 4.39 Å². The van der Waals surface area contributed by atoms with Gasteiger partial charge in [-0.15, -0.1) is 11.3 Å². The highest BCUT2D eigenvalue weighted by atomic mass is 79.9. The molecule has 0 radical (unpaired) electrons. The summed E-state index contributed by atoms with van der Waals surface area (Å²) in [5, 5.41) is 2.16. The average molecular weight is 316 g/mol. The molecule has 0 aliphatic heterocycles. The minimum atomic E-state index is -0.495. The first-order chi connectivity index (χ1) is 8.11. The molecular formula is C11H7BrFNO2S. The number of hydrogen-bond acceptors (Lipinski definition) is 4. The Morgan fingerprint density at radius 2 is 2.29 bits per heavy atom. The van der Waals surface area contributed by atoms with E-state index in [1.54, 1.807) is 17.5 Å². The smallest absolute Gasteiger partial charge is 0.357 e. The van der Waals surface area contributed by atoms with Gasteiger partial charge in [0.1, 0.15) is 10.8 Å². The second kappa shape index (κ2) is 4.93. The Hall–Kier alpha value is -1.27. The normalized spacial score (nSPS) is 10.3. The van der Waals surface area contributed by atoms with Crippen LogP contribution in [-0.4, -0.2) is 18.1 Å². The molecular weight excluding hydrogens is 309 g/mol. The summed E-state index contributed by atoms with van der Waals surface area (Å²) in [6.07, 6.45) is 0. The number of nitrogens with zero attached hydrogens (tertiary/aromatic N) is 1. The first-order valence-corrected chi connectivity index (χ1v) is 6.28. The third kappa shape index (κ3) is 2.53. The number of halogens is 2. The van der Waals surface area contributed by atoms with Crippen molar-refractivity contribution < 1.29 is 13.9 Å². The molecule has 17 heavy (non-hydrogen) atoms. The van der Waals surface area contributed by atoms with Gasteiger partial charge in [0.15, 0.2) is 5.69 Å². The van der Waals surface area contributed by atoms with Crippen LogP contribution in [0.3, 0.4) is 0 Å². The maximum atomic E-state index is 13.3. The molecule has 3 nitrogen and oxygen atoms in total. The summed E-state index contributed by atoms with van der Waals surface area (Å²) in [7, 11) is 1.29. The molecule has 0 aliphatic carbocycles. The van der Waals surface area contributed by atoms with Crippen molar-refractivity contribution in [1.82, 2.24) is 4.98 Å². The summed E-state index contributed by atoms with van der Waals surface area (Å²) in [6.45, 7) is 0. The van der Waals surface area contributed by atoms with Crippen molar-refractivity contribution in [3.05, 3.63) is 39.6 Å². The number of ether oxygens (including phenoxy) is 1. The molecule has 88 valence electrons. The van der Waals surface area contributed by atoms with Crippen molar-refractivity contribution in [3.8, 4) is 10.6 Å². The number of carbonyl (C=O) groups is 1. The van der Waals surface area contributed by atoms with Crippen LogP contribution in [0.15, 0.2) is 28.1 Å². The number of carbonyl (C=O) groups excluding carboxylic acids is 1. The third-order valence-electron chi connectivity index (χ3n) is 2.07. The van der Waals surface area contributed by atoms with Crippen molar-refractivity contribution >= 4 is 33.2 Å². The fraction of sp³-hybridized carbons (Fsp3) is 0.0909. The highest BCUT2D eigenvalue weighted by molar-refractivity contribution is 9.10. The zero-order chi connectivity index (χ0) is 12.4. The molecule has 0 fully saturated rings. The van der Waals surface area contributed by atoms with Gasteiger partial charge in [-0.25, -0.2) is 14.2 Å². The van der Waals surface area contributed by atoms with Crippen LogP contribution in [0, 0.1) is 5.82 Å². The van der Waals surface area contributed by atoms with E-state index in [2.05, 4.69) is 25.7 Å². The number of rotatable bonds is 2. The molecule has 0 saturated carbocycles. The van der Waals surface area contributed by atoms with Crippen LogP contribution in [0.5, 0.6) is 0 Å². The van der Waals surface area contributed by atoms with E-state index in [4.69, 9.17) is 0 Å². The Labute approximate surface area is 109 Å². The number of aromatic nitrogens is 1. The van der Waals surface area contributed by atoms with E-state index in [0.29, 0.717) is 15.0 Å². The first-order valence-electron chi connectivity index (χ1n) is 4.61. The first kappa shape index (κ1) is 12.2. The molecule has 0 spiro atoms. The van der Waals surface area contributed by atoms with Gasteiger partial charge < -0.3 is 4.74 Å². The van der Waals surface area contributed by atoms with Crippen LogP contribution in [0.25, 0.3) is 10.6 Å². The zero-order valence-electron chi connectivity index (χ0n) is 8.74. The summed E-state index contributed by atoms with van der Waals surface area (Å²) >= 11 is 4.34. The van der Waals surface area contributed by atoms with E-state index in [1.165, 1.54) is 24.5 Å². The van der Waals surface area contributed by atoms with Gasteiger partial charge >= 0.3 is 5.97 Å². The van der Waals surface area contributed by atoms with E-state index in [-0.39, 0.29) is 11.5 Å². The molecule has 6 heteroatoms. The predicted octanol–water partition coefficient (Wildman–Crippen LogP) is 3.50.